The van der Waals surface area contributed by atoms with Crippen LogP contribution in [0.5, 0.6) is 5.75 Å². The number of rotatable bonds is 9. The van der Waals surface area contributed by atoms with Gasteiger partial charge in [-0.05, 0) is 29.8 Å². The molecular formula is C24H24ClFN4O7. The van der Waals surface area contributed by atoms with Crippen LogP contribution in [0.3, 0.4) is 0 Å². The largest absolute Gasteiger partial charge is 0.489 e. The number of aromatic nitrogens is 2. The molecule has 1 fully saturated rings. The minimum atomic E-state index is -0.832. The number of ether oxygens (including phenoxy) is 3. The van der Waals surface area contributed by atoms with Crippen molar-refractivity contribution in [2.45, 2.75) is 25.2 Å². The summed E-state index contributed by atoms with van der Waals surface area (Å²) in [5, 5.41) is 14.0. The average Bonchev–Trinajstić information content (AvgIpc) is 2.89. The summed E-state index contributed by atoms with van der Waals surface area (Å²) in [6.07, 6.45) is -0.955. The van der Waals surface area contributed by atoms with Crippen molar-refractivity contribution in [3.05, 3.63) is 69.0 Å². The molecule has 4 rings (SSSR count). The van der Waals surface area contributed by atoms with Gasteiger partial charge in [-0.25, -0.2) is 9.37 Å². The van der Waals surface area contributed by atoms with Gasteiger partial charge in [0.2, 0.25) is 0 Å². The van der Waals surface area contributed by atoms with Gasteiger partial charge in [0.1, 0.15) is 12.1 Å². The van der Waals surface area contributed by atoms with Gasteiger partial charge in [0.15, 0.2) is 23.5 Å². The highest BCUT2D eigenvalue weighted by Crippen LogP contribution is 2.26. The number of aliphatic hydroxyl groups is 1. The van der Waals surface area contributed by atoms with Gasteiger partial charge in [-0.3, -0.25) is 14.4 Å². The minimum Gasteiger partial charge on any atom is -0.489 e. The highest BCUT2D eigenvalue weighted by atomic mass is 35.5. The Labute approximate surface area is 214 Å². The number of hydrogen-bond acceptors (Lipinski definition) is 8. The zero-order valence-corrected chi connectivity index (χ0v) is 20.2. The van der Waals surface area contributed by atoms with E-state index in [0.717, 1.165) is 11.6 Å². The lowest BCUT2D eigenvalue weighted by atomic mass is 10.2. The zero-order valence-electron chi connectivity index (χ0n) is 19.5. The van der Waals surface area contributed by atoms with Gasteiger partial charge in [0, 0.05) is 18.0 Å². The van der Waals surface area contributed by atoms with Crippen LogP contribution in [0, 0.1) is 5.82 Å². The lowest BCUT2D eigenvalue weighted by Crippen LogP contribution is -2.46. The van der Waals surface area contributed by atoms with Crippen molar-refractivity contribution in [3.63, 3.8) is 0 Å². The molecule has 1 aromatic heterocycles. The van der Waals surface area contributed by atoms with Crippen molar-refractivity contribution in [2.75, 3.05) is 26.6 Å². The molecule has 196 valence electrons. The number of carbonyl (C=O) groups excluding carboxylic acids is 2. The molecule has 3 aromatic rings. The number of H-pyrrole nitrogens is 1. The Morgan fingerprint density at radius 2 is 2.05 bits per heavy atom. The van der Waals surface area contributed by atoms with E-state index in [-0.39, 0.29) is 48.8 Å². The Hall–Kier alpha value is -3.58. The van der Waals surface area contributed by atoms with E-state index < -0.39 is 42.1 Å². The Morgan fingerprint density at radius 1 is 1.22 bits per heavy atom. The van der Waals surface area contributed by atoms with Crippen LogP contribution in [0.25, 0.3) is 10.9 Å². The Kier molecular flexibility index (Phi) is 8.66. The molecule has 0 bridgehead atoms. The first-order valence-corrected chi connectivity index (χ1v) is 11.7. The van der Waals surface area contributed by atoms with Gasteiger partial charge < -0.3 is 34.9 Å². The normalized spacial score (nSPS) is 17.4. The molecule has 2 unspecified atom stereocenters. The average molecular weight is 535 g/mol. The summed E-state index contributed by atoms with van der Waals surface area (Å²) in [6.45, 7) is -0.265. The molecule has 37 heavy (non-hydrogen) atoms. The van der Waals surface area contributed by atoms with Crippen LogP contribution in [-0.4, -0.2) is 65.6 Å². The van der Waals surface area contributed by atoms with Gasteiger partial charge in [0.05, 0.1) is 31.4 Å². The van der Waals surface area contributed by atoms with Gasteiger partial charge in [-0.1, -0.05) is 23.7 Å². The summed E-state index contributed by atoms with van der Waals surface area (Å²) in [7, 11) is 0. The van der Waals surface area contributed by atoms with Crippen molar-refractivity contribution >= 4 is 34.3 Å². The SMILES string of the molecule is O=C(NCc1cccc(Cl)c1)c1nc2ccc(F)c(OCCC3COC(C(=O)NCO)CO3)c2c(=O)[nH]1. The number of halogens is 2. The van der Waals surface area contributed by atoms with Crippen molar-refractivity contribution in [2.24, 2.45) is 0 Å². The second-order valence-corrected chi connectivity index (χ2v) is 8.55. The van der Waals surface area contributed by atoms with Gasteiger partial charge in [-0.15, -0.1) is 0 Å². The Balaban J connectivity index is 1.39. The van der Waals surface area contributed by atoms with E-state index in [2.05, 4.69) is 20.6 Å². The van der Waals surface area contributed by atoms with Crippen LogP contribution in [0.4, 0.5) is 4.39 Å². The van der Waals surface area contributed by atoms with Crippen LogP contribution < -0.4 is 20.9 Å². The third-order valence-corrected chi connectivity index (χ3v) is 5.77. The Bertz CT molecular complexity index is 1340. The summed E-state index contributed by atoms with van der Waals surface area (Å²) < 4.78 is 31.1. The first-order valence-electron chi connectivity index (χ1n) is 11.4. The second-order valence-electron chi connectivity index (χ2n) is 8.11. The highest BCUT2D eigenvalue weighted by molar-refractivity contribution is 6.30. The fraction of sp³-hybridized carbons (Fsp3) is 0.333. The van der Waals surface area contributed by atoms with Crippen LogP contribution in [0.2, 0.25) is 5.02 Å². The molecule has 2 amide bonds. The van der Waals surface area contributed by atoms with Crippen LogP contribution >= 0.6 is 11.6 Å². The predicted molar refractivity (Wildman–Crippen MR) is 130 cm³/mol. The van der Waals surface area contributed by atoms with Crippen LogP contribution in [-0.2, 0) is 20.8 Å². The maximum atomic E-state index is 14.6. The van der Waals surface area contributed by atoms with E-state index in [0.29, 0.717) is 11.4 Å². The minimum absolute atomic E-state index is 0.00906. The zero-order chi connectivity index (χ0) is 26.4. The number of nitrogens with zero attached hydrogens (tertiary/aromatic N) is 1. The van der Waals surface area contributed by atoms with Gasteiger partial charge >= 0.3 is 0 Å². The van der Waals surface area contributed by atoms with Gasteiger partial charge in [-0.2, -0.15) is 0 Å². The third kappa shape index (κ3) is 6.60. The number of nitrogens with one attached hydrogen (secondary N) is 3. The summed E-state index contributed by atoms with van der Waals surface area (Å²) in [6, 6.07) is 9.32. The van der Waals surface area contributed by atoms with E-state index in [4.69, 9.17) is 30.9 Å². The molecule has 0 spiro atoms. The summed E-state index contributed by atoms with van der Waals surface area (Å²) >= 11 is 5.95. The van der Waals surface area contributed by atoms with Crippen molar-refractivity contribution < 1.29 is 33.3 Å². The van der Waals surface area contributed by atoms with E-state index in [1.54, 1.807) is 24.3 Å². The first-order chi connectivity index (χ1) is 17.9. The molecule has 4 N–H and O–H groups in total. The summed E-state index contributed by atoms with van der Waals surface area (Å²) in [5.41, 5.74) is 0.114. The molecule has 11 nitrogen and oxygen atoms in total. The Morgan fingerprint density at radius 3 is 2.78 bits per heavy atom. The van der Waals surface area contributed by atoms with Crippen molar-refractivity contribution in [1.29, 1.82) is 0 Å². The molecule has 1 aliphatic heterocycles. The van der Waals surface area contributed by atoms with Crippen molar-refractivity contribution in [3.8, 4) is 5.75 Å². The molecule has 1 saturated heterocycles. The number of aliphatic hydroxyl groups excluding tert-OH is 1. The number of benzene rings is 2. The number of amides is 2. The number of hydrogen-bond donors (Lipinski definition) is 4. The molecular weight excluding hydrogens is 511 g/mol. The van der Waals surface area contributed by atoms with Crippen LogP contribution in [0.1, 0.15) is 22.6 Å². The number of fused-ring (bicyclic) bond motifs is 1. The number of carbonyl (C=O) groups is 2. The maximum Gasteiger partial charge on any atom is 0.287 e. The standard InChI is InChI=1S/C24H24ClFN4O7/c25-14-3-1-2-13(8-14)9-27-24(34)21-29-17-5-4-16(26)20(19(17)23(33)30-21)35-7-6-15-10-37-18(11-36-15)22(32)28-12-31/h1-5,8,15,18,31H,6-7,9-12H2,(H,27,34)(H,28,32)(H,29,30,33). The topological polar surface area (TPSA) is 152 Å². The summed E-state index contributed by atoms with van der Waals surface area (Å²) in [5.74, 6) is -2.40. The first kappa shape index (κ1) is 26.5. The van der Waals surface area contributed by atoms with Crippen LogP contribution in [0.15, 0.2) is 41.2 Å². The lowest BCUT2D eigenvalue weighted by molar-refractivity contribution is -0.162. The van der Waals surface area contributed by atoms with Gasteiger partial charge in [0.25, 0.3) is 17.4 Å². The van der Waals surface area contributed by atoms with Crippen molar-refractivity contribution in [1.82, 2.24) is 20.6 Å². The maximum absolute atomic E-state index is 14.6. The summed E-state index contributed by atoms with van der Waals surface area (Å²) in [4.78, 5) is 43.5. The molecule has 1 aliphatic rings. The fourth-order valence-corrected chi connectivity index (χ4v) is 3.90. The molecule has 0 aliphatic carbocycles. The van der Waals surface area contributed by atoms with E-state index in [1.165, 1.54) is 6.07 Å². The second kappa shape index (κ2) is 12.1. The lowest BCUT2D eigenvalue weighted by Gasteiger charge is -2.28. The van der Waals surface area contributed by atoms with E-state index >= 15 is 0 Å². The molecule has 13 heteroatoms. The fourth-order valence-electron chi connectivity index (χ4n) is 3.68. The molecule has 2 heterocycles. The van der Waals surface area contributed by atoms with E-state index in [9.17, 15) is 18.8 Å². The van der Waals surface area contributed by atoms with E-state index in [1.807, 2.05) is 0 Å². The number of aromatic amines is 1. The monoisotopic (exact) mass is 534 g/mol. The quantitative estimate of drug-likeness (QED) is 0.299. The smallest absolute Gasteiger partial charge is 0.287 e. The third-order valence-electron chi connectivity index (χ3n) is 5.53. The molecule has 0 saturated carbocycles. The molecule has 0 radical (unpaired) electrons. The highest BCUT2D eigenvalue weighted by Gasteiger charge is 2.27. The molecule has 2 aromatic carbocycles. The molecule has 2 atom stereocenters. The predicted octanol–water partition coefficient (Wildman–Crippen LogP) is 1.26.